The van der Waals surface area contributed by atoms with Crippen molar-refractivity contribution in [1.82, 2.24) is 5.32 Å². The van der Waals surface area contributed by atoms with Crippen LogP contribution in [0.3, 0.4) is 0 Å². The van der Waals surface area contributed by atoms with Crippen molar-refractivity contribution >= 4 is 15.9 Å². The Hall–Kier alpha value is -0.580. The smallest absolute Gasteiger partial charge is 0.120 e. The van der Waals surface area contributed by atoms with Crippen molar-refractivity contribution in [3.05, 3.63) is 28.2 Å². The first-order valence-corrected chi connectivity index (χ1v) is 6.29. The van der Waals surface area contributed by atoms with E-state index in [1.807, 2.05) is 6.07 Å². The number of phenols is 1. The van der Waals surface area contributed by atoms with Crippen molar-refractivity contribution in [3.8, 4) is 5.75 Å². The van der Waals surface area contributed by atoms with Crippen molar-refractivity contribution in [2.75, 3.05) is 13.1 Å². The third kappa shape index (κ3) is 2.56. The summed E-state index contributed by atoms with van der Waals surface area (Å²) in [5.41, 5.74) is 0.0493. The number of benzene rings is 1. The molecule has 1 aromatic carbocycles. The summed E-state index contributed by atoms with van der Waals surface area (Å²) in [7, 11) is 0. The molecular formula is C12H16BrNO2. The van der Waals surface area contributed by atoms with E-state index in [1.165, 1.54) is 0 Å². The molecule has 0 saturated carbocycles. The Morgan fingerprint density at radius 1 is 1.44 bits per heavy atom. The highest BCUT2D eigenvalue weighted by Gasteiger charge is 2.30. The van der Waals surface area contributed by atoms with E-state index in [1.54, 1.807) is 12.1 Å². The molecule has 1 atom stereocenters. The Labute approximate surface area is 104 Å². The molecule has 3 N–H and O–H groups in total. The fourth-order valence-electron chi connectivity index (χ4n) is 2.15. The maximum absolute atomic E-state index is 10.4. The summed E-state index contributed by atoms with van der Waals surface area (Å²) in [6.45, 7) is 1.55. The lowest BCUT2D eigenvalue weighted by Gasteiger charge is -2.33. The van der Waals surface area contributed by atoms with Crippen LogP contribution in [0.4, 0.5) is 0 Å². The SMILES string of the molecule is Oc1cccc(Br)c1CC1(O)CCCNC1. The van der Waals surface area contributed by atoms with Crippen molar-refractivity contribution in [3.63, 3.8) is 0 Å². The third-order valence-electron chi connectivity index (χ3n) is 3.05. The maximum Gasteiger partial charge on any atom is 0.120 e. The number of phenolic OH excluding ortho intramolecular Hbond substituents is 1. The van der Waals surface area contributed by atoms with Crippen LogP contribution in [-0.4, -0.2) is 28.9 Å². The van der Waals surface area contributed by atoms with Crippen LogP contribution in [0.2, 0.25) is 0 Å². The molecule has 0 bridgehead atoms. The minimum Gasteiger partial charge on any atom is -0.508 e. The second-order valence-electron chi connectivity index (χ2n) is 4.42. The lowest BCUT2D eigenvalue weighted by atomic mass is 9.87. The summed E-state index contributed by atoms with van der Waals surface area (Å²) in [6, 6.07) is 5.32. The zero-order valence-electron chi connectivity index (χ0n) is 9.04. The van der Waals surface area contributed by atoms with Crippen LogP contribution in [0, 0.1) is 0 Å². The molecule has 1 unspecified atom stereocenters. The van der Waals surface area contributed by atoms with E-state index in [4.69, 9.17) is 0 Å². The third-order valence-corrected chi connectivity index (χ3v) is 3.79. The second-order valence-corrected chi connectivity index (χ2v) is 5.27. The average molecular weight is 286 g/mol. The molecule has 0 aliphatic carbocycles. The molecule has 88 valence electrons. The van der Waals surface area contributed by atoms with E-state index >= 15 is 0 Å². The molecule has 4 heteroatoms. The zero-order chi connectivity index (χ0) is 11.6. The zero-order valence-corrected chi connectivity index (χ0v) is 10.6. The summed E-state index contributed by atoms with van der Waals surface area (Å²) in [5.74, 6) is 0.244. The topological polar surface area (TPSA) is 52.5 Å². The van der Waals surface area contributed by atoms with Crippen LogP contribution in [0.15, 0.2) is 22.7 Å². The number of nitrogens with one attached hydrogen (secondary N) is 1. The Morgan fingerprint density at radius 2 is 2.25 bits per heavy atom. The molecule has 1 aromatic rings. The molecule has 16 heavy (non-hydrogen) atoms. The van der Waals surface area contributed by atoms with Crippen LogP contribution in [-0.2, 0) is 6.42 Å². The average Bonchev–Trinajstić information content (AvgIpc) is 2.25. The highest BCUT2D eigenvalue weighted by Crippen LogP contribution is 2.31. The molecule has 0 radical (unpaired) electrons. The van der Waals surface area contributed by atoms with Crippen LogP contribution < -0.4 is 5.32 Å². The number of hydrogen-bond acceptors (Lipinski definition) is 3. The first-order chi connectivity index (χ1) is 7.61. The molecule has 2 rings (SSSR count). The van der Waals surface area contributed by atoms with Crippen LogP contribution in [0.25, 0.3) is 0 Å². The lowest BCUT2D eigenvalue weighted by Crippen LogP contribution is -2.47. The number of rotatable bonds is 2. The first kappa shape index (κ1) is 11.9. The van der Waals surface area contributed by atoms with E-state index in [0.717, 1.165) is 29.4 Å². The summed E-state index contributed by atoms with van der Waals surface area (Å²) in [4.78, 5) is 0. The van der Waals surface area contributed by atoms with Gasteiger partial charge in [-0.1, -0.05) is 22.0 Å². The predicted octanol–water partition coefficient (Wildman–Crippen LogP) is 1.81. The standard InChI is InChI=1S/C12H16BrNO2/c13-10-3-1-4-11(15)9(10)7-12(16)5-2-6-14-8-12/h1,3-4,14-16H,2,5-8H2. The molecular weight excluding hydrogens is 270 g/mol. The molecule has 1 aliphatic heterocycles. The number of hydrogen-bond donors (Lipinski definition) is 3. The van der Waals surface area contributed by atoms with E-state index in [9.17, 15) is 10.2 Å². The highest BCUT2D eigenvalue weighted by atomic mass is 79.9. The predicted molar refractivity (Wildman–Crippen MR) is 66.6 cm³/mol. The fraction of sp³-hybridized carbons (Fsp3) is 0.500. The largest absolute Gasteiger partial charge is 0.508 e. The van der Waals surface area contributed by atoms with Gasteiger partial charge in [-0.05, 0) is 31.5 Å². The summed E-state index contributed by atoms with van der Waals surface area (Å²) in [6.07, 6.45) is 2.23. The summed E-state index contributed by atoms with van der Waals surface area (Å²) < 4.78 is 0.853. The van der Waals surface area contributed by atoms with Crippen molar-refractivity contribution < 1.29 is 10.2 Å². The maximum atomic E-state index is 10.4. The van der Waals surface area contributed by atoms with Gasteiger partial charge in [0, 0.05) is 23.0 Å². The van der Waals surface area contributed by atoms with Gasteiger partial charge in [-0.15, -0.1) is 0 Å². The van der Waals surface area contributed by atoms with E-state index in [2.05, 4.69) is 21.2 Å². The molecule has 1 fully saturated rings. The Kier molecular flexibility index (Phi) is 3.52. The number of aromatic hydroxyl groups is 1. The van der Waals surface area contributed by atoms with Crippen molar-refractivity contribution in [2.45, 2.75) is 24.9 Å². The summed E-state index contributed by atoms with van der Waals surface area (Å²) >= 11 is 3.41. The number of halogens is 1. The van der Waals surface area contributed by atoms with Gasteiger partial charge < -0.3 is 15.5 Å². The minimum atomic E-state index is -0.737. The van der Waals surface area contributed by atoms with Crippen molar-refractivity contribution in [1.29, 1.82) is 0 Å². The van der Waals surface area contributed by atoms with Gasteiger partial charge in [0.15, 0.2) is 0 Å². The van der Waals surface area contributed by atoms with Crippen LogP contribution in [0.5, 0.6) is 5.75 Å². The Bertz CT molecular complexity index is 355. The first-order valence-electron chi connectivity index (χ1n) is 5.50. The van der Waals surface area contributed by atoms with Gasteiger partial charge in [-0.2, -0.15) is 0 Å². The van der Waals surface area contributed by atoms with Gasteiger partial charge >= 0.3 is 0 Å². The van der Waals surface area contributed by atoms with Gasteiger partial charge in [0.2, 0.25) is 0 Å². The van der Waals surface area contributed by atoms with Crippen LogP contribution in [0.1, 0.15) is 18.4 Å². The second kappa shape index (κ2) is 4.73. The van der Waals surface area contributed by atoms with Gasteiger partial charge in [0.05, 0.1) is 5.60 Å². The minimum absolute atomic E-state index is 0.244. The molecule has 3 nitrogen and oxygen atoms in total. The monoisotopic (exact) mass is 285 g/mol. The van der Waals surface area contributed by atoms with E-state index < -0.39 is 5.60 Å². The molecule has 1 saturated heterocycles. The van der Waals surface area contributed by atoms with Gasteiger partial charge in [-0.3, -0.25) is 0 Å². The Morgan fingerprint density at radius 3 is 2.88 bits per heavy atom. The van der Waals surface area contributed by atoms with Gasteiger partial charge in [0.1, 0.15) is 5.75 Å². The molecule has 1 aliphatic rings. The van der Waals surface area contributed by atoms with Gasteiger partial charge in [0.25, 0.3) is 0 Å². The normalized spacial score (nSPS) is 25.6. The quantitative estimate of drug-likeness (QED) is 0.777. The van der Waals surface area contributed by atoms with E-state index in [0.29, 0.717) is 13.0 Å². The number of β-amino-alcohol motifs (C(OH)–C–C–N with tert-alkyl or cyclic N) is 1. The number of piperidine rings is 1. The molecule has 0 spiro atoms. The molecule has 0 amide bonds. The van der Waals surface area contributed by atoms with Gasteiger partial charge in [-0.25, -0.2) is 0 Å². The molecule has 1 heterocycles. The highest BCUT2D eigenvalue weighted by molar-refractivity contribution is 9.10. The van der Waals surface area contributed by atoms with Crippen molar-refractivity contribution in [2.24, 2.45) is 0 Å². The lowest BCUT2D eigenvalue weighted by molar-refractivity contribution is 0.0163. The number of aliphatic hydroxyl groups is 1. The summed E-state index contributed by atoms with van der Waals surface area (Å²) in [5, 5.41) is 23.3. The van der Waals surface area contributed by atoms with E-state index in [-0.39, 0.29) is 5.75 Å². The Balaban J connectivity index is 2.19. The molecule has 0 aromatic heterocycles. The fourth-order valence-corrected chi connectivity index (χ4v) is 2.65. The van der Waals surface area contributed by atoms with Crippen LogP contribution >= 0.6 is 15.9 Å².